The molecule has 2 rings (SSSR count). The maximum Gasteiger partial charge on any atom is 0.255 e. The highest BCUT2D eigenvalue weighted by Gasteiger charge is 2.21. The van der Waals surface area contributed by atoms with Crippen molar-refractivity contribution in [3.05, 3.63) is 28.0 Å². The molecule has 2 aromatic heterocycles. The standard InChI is InChI=1S/C11H14N4OS2/c1-2-15(6-7-4-3-5-17-7)11-8(10(13)16)9(12)14-18-11/h3-5H,2,6H2,1H3,(H2,12,14)(H2,13,16). The van der Waals surface area contributed by atoms with E-state index in [0.717, 1.165) is 18.1 Å². The topological polar surface area (TPSA) is 85.2 Å². The third kappa shape index (κ3) is 2.46. The summed E-state index contributed by atoms with van der Waals surface area (Å²) in [5.41, 5.74) is 11.4. The maximum atomic E-state index is 11.4. The van der Waals surface area contributed by atoms with Gasteiger partial charge in [-0.25, -0.2) is 0 Å². The summed E-state index contributed by atoms with van der Waals surface area (Å²) in [5.74, 6) is -0.312. The minimum Gasteiger partial charge on any atom is -0.382 e. The fourth-order valence-corrected chi connectivity index (χ4v) is 3.26. The van der Waals surface area contributed by atoms with Crippen LogP contribution in [0.2, 0.25) is 0 Å². The van der Waals surface area contributed by atoms with Crippen LogP contribution in [0.5, 0.6) is 0 Å². The summed E-state index contributed by atoms with van der Waals surface area (Å²) in [7, 11) is 0. The van der Waals surface area contributed by atoms with Crippen molar-refractivity contribution in [3.8, 4) is 0 Å². The third-order valence-electron chi connectivity index (χ3n) is 2.54. The number of rotatable bonds is 5. The Balaban J connectivity index is 2.30. The SMILES string of the molecule is CCN(Cc1cccs1)c1snc(N)c1C(N)=O. The molecule has 0 aliphatic rings. The van der Waals surface area contributed by atoms with Crippen LogP contribution in [0.4, 0.5) is 10.8 Å². The van der Waals surface area contributed by atoms with E-state index in [9.17, 15) is 4.79 Å². The number of carbonyl (C=O) groups is 1. The Kier molecular flexibility index (Phi) is 3.83. The second-order valence-corrected chi connectivity index (χ2v) is 5.49. The summed E-state index contributed by atoms with van der Waals surface area (Å²) in [4.78, 5) is 14.7. The van der Waals surface area contributed by atoms with E-state index in [1.807, 2.05) is 18.4 Å². The number of anilines is 2. The van der Waals surface area contributed by atoms with Crippen LogP contribution in [-0.4, -0.2) is 16.8 Å². The van der Waals surface area contributed by atoms with Gasteiger partial charge >= 0.3 is 0 Å². The van der Waals surface area contributed by atoms with Crippen LogP contribution in [0.3, 0.4) is 0 Å². The fraction of sp³-hybridized carbons (Fsp3) is 0.273. The van der Waals surface area contributed by atoms with Gasteiger partial charge in [0.05, 0.1) is 6.54 Å². The Morgan fingerprint density at radius 2 is 2.33 bits per heavy atom. The van der Waals surface area contributed by atoms with E-state index in [4.69, 9.17) is 11.5 Å². The van der Waals surface area contributed by atoms with E-state index in [1.54, 1.807) is 11.3 Å². The quantitative estimate of drug-likeness (QED) is 0.877. The third-order valence-corrected chi connectivity index (χ3v) is 4.33. The predicted molar refractivity (Wildman–Crippen MR) is 76.1 cm³/mol. The van der Waals surface area contributed by atoms with Gasteiger partial charge in [0.15, 0.2) is 5.82 Å². The Morgan fingerprint density at radius 3 is 2.89 bits per heavy atom. The van der Waals surface area contributed by atoms with Gasteiger partial charge in [-0.05, 0) is 29.9 Å². The Bertz CT molecular complexity index is 535. The first-order chi connectivity index (χ1) is 8.63. The van der Waals surface area contributed by atoms with Gasteiger partial charge in [-0.1, -0.05) is 6.07 Å². The van der Waals surface area contributed by atoms with Crippen LogP contribution in [-0.2, 0) is 6.54 Å². The van der Waals surface area contributed by atoms with Crippen molar-refractivity contribution in [1.29, 1.82) is 0 Å². The molecule has 0 atom stereocenters. The Morgan fingerprint density at radius 1 is 1.56 bits per heavy atom. The number of thiophene rings is 1. The lowest BCUT2D eigenvalue weighted by Crippen LogP contribution is -2.24. The first kappa shape index (κ1) is 12.8. The molecule has 5 nitrogen and oxygen atoms in total. The van der Waals surface area contributed by atoms with Gasteiger partial charge in [0.2, 0.25) is 0 Å². The molecule has 0 aromatic carbocycles. The number of nitrogens with zero attached hydrogens (tertiary/aromatic N) is 2. The Hall–Kier alpha value is -1.60. The second-order valence-electron chi connectivity index (χ2n) is 3.71. The molecule has 0 fully saturated rings. The van der Waals surface area contributed by atoms with Gasteiger partial charge in [0.25, 0.3) is 5.91 Å². The lowest BCUT2D eigenvalue weighted by Gasteiger charge is -2.20. The van der Waals surface area contributed by atoms with Crippen molar-refractivity contribution in [2.45, 2.75) is 13.5 Å². The number of nitrogen functional groups attached to an aromatic ring is 1. The number of amides is 1. The summed E-state index contributed by atoms with van der Waals surface area (Å²) in [6, 6.07) is 4.06. The summed E-state index contributed by atoms with van der Waals surface area (Å²) in [6.07, 6.45) is 0. The molecule has 0 saturated carbocycles. The number of carbonyl (C=O) groups excluding carboxylic acids is 1. The summed E-state index contributed by atoms with van der Waals surface area (Å²) in [6.45, 7) is 3.52. The van der Waals surface area contributed by atoms with Crippen LogP contribution in [0.25, 0.3) is 0 Å². The lowest BCUT2D eigenvalue weighted by atomic mass is 10.2. The molecule has 96 valence electrons. The van der Waals surface area contributed by atoms with Gasteiger partial charge in [0.1, 0.15) is 10.6 Å². The molecule has 0 unspecified atom stereocenters. The molecule has 4 N–H and O–H groups in total. The number of aromatic nitrogens is 1. The molecule has 7 heteroatoms. The van der Waals surface area contributed by atoms with Crippen LogP contribution in [0.1, 0.15) is 22.2 Å². The summed E-state index contributed by atoms with van der Waals surface area (Å²) in [5, 5.41) is 2.77. The molecule has 0 saturated heterocycles. The van der Waals surface area contributed by atoms with Crippen molar-refractivity contribution in [2.75, 3.05) is 17.2 Å². The summed E-state index contributed by atoms with van der Waals surface area (Å²) >= 11 is 2.89. The van der Waals surface area contributed by atoms with E-state index in [-0.39, 0.29) is 5.82 Å². The van der Waals surface area contributed by atoms with E-state index < -0.39 is 5.91 Å². The van der Waals surface area contributed by atoms with Crippen molar-refractivity contribution in [2.24, 2.45) is 5.73 Å². The number of hydrogen-bond donors (Lipinski definition) is 2. The maximum absolute atomic E-state index is 11.4. The molecule has 0 radical (unpaired) electrons. The van der Waals surface area contributed by atoms with Crippen LogP contribution in [0, 0.1) is 0 Å². The van der Waals surface area contributed by atoms with Crippen LogP contribution >= 0.6 is 22.9 Å². The van der Waals surface area contributed by atoms with Crippen molar-refractivity contribution < 1.29 is 4.79 Å². The van der Waals surface area contributed by atoms with Crippen molar-refractivity contribution >= 4 is 39.6 Å². The van der Waals surface area contributed by atoms with Gasteiger partial charge in [-0.3, -0.25) is 4.79 Å². The largest absolute Gasteiger partial charge is 0.382 e. The fourth-order valence-electron chi connectivity index (χ4n) is 1.66. The molecule has 18 heavy (non-hydrogen) atoms. The zero-order valence-electron chi connectivity index (χ0n) is 9.92. The Labute approximate surface area is 113 Å². The van der Waals surface area contributed by atoms with Crippen LogP contribution < -0.4 is 16.4 Å². The molecule has 1 amide bonds. The highest BCUT2D eigenvalue weighted by atomic mass is 32.1. The van der Waals surface area contributed by atoms with Crippen LogP contribution in [0.15, 0.2) is 17.5 Å². The van der Waals surface area contributed by atoms with E-state index in [2.05, 4.69) is 15.3 Å². The van der Waals surface area contributed by atoms with E-state index in [1.165, 1.54) is 16.4 Å². The van der Waals surface area contributed by atoms with Gasteiger partial charge < -0.3 is 16.4 Å². The number of hydrogen-bond acceptors (Lipinski definition) is 6. The molecular weight excluding hydrogens is 268 g/mol. The van der Waals surface area contributed by atoms with Crippen molar-refractivity contribution in [1.82, 2.24) is 4.37 Å². The molecule has 0 spiro atoms. The predicted octanol–water partition coefficient (Wildman–Crippen LogP) is 1.91. The van der Waals surface area contributed by atoms with Gasteiger partial charge in [-0.15, -0.1) is 11.3 Å². The molecule has 2 heterocycles. The molecule has 0 aliphatic heterocycles. The van der Waals surface area contributed by atoms with Crippen molar-refractivity contribution in [3.63, 3.8) is 0 Å². The second kappa shape index (κ2) is 5.36. The van der Waals surface area contributed by atoms with E-state index >= 15 is 0 Å². The lowest BCUT2D eigenvalue weighted by molar-refractivity contribution is 0.100. The minimum atomic E-state index is -0.527. The molecule has 0 bridgehead atoms. The smallest absolute Gasteiger partial charge is 0.255 e. The monoisotopic (exact) mass is 282 g/mol. The highest BCUT2D eigenvalue weighted by molar-refractivity contribution is 7.11. The zero-order chi connectivity index (χ0) is 13.1. The van der Waals surface area contributed by atoms with Gasteiger partial charge in [-0.2, -0.15) is 4.37 Å². The first-order valence-electron chi connectivity index (χ1n) is 5.45. The first-order valence-corrected chi connectivity index (χ1v) is 7.11. The number of nitrogens with two attached hydrogens (primary N) is 2. The molecular formula is C11H14N4OS2. The molecule has 2 aromatic rings. The normalized spacial score (nSPS) is 10.5. The minimum absolute atomic E-state index is 0.215. The highest BCUT2D eigenvalue weighted by Crippen LogP contribution is 2.31. The zero-order valence-corrected chi connectivity index (χ0v) is 11.6. The summed E-state index contributed by atoms with van der Waals surface area (Å²) < 4.78 is 4.02. The number of primary amides is 1. The molecule has 0 aliphatic carbocycles. The average Bonchev–Trinajstić information content (AvgIpc) is 2.94. The van der Waals surface area contributed by atoms with Gasteiger partial charge in [0, 0.05) is 11.4 Å². The van der Waals surface area contributed by atoms with E-state index in [0.29, 0.717) is 5.56 Å². The average molecular weight is 282 g/mol.